The molecule has 5 heteroatoms. The number of ether oxygens (including phenoxy) is 3. The maximum Gasteiger partial charge on any atom is 0.506 e. The van der Waals surface area contributed by atoms with Crippen LogP contribution in [0.25, 0.3) is 0 Å². The molecular weight excluding hydrogens is 248 g/mol. The Balaban J connectivity index is 1.56. The van der Waals surface area contributed by atoms with E-state index in [9.17, 15) is 4.79 Å². The lowest BCUT2D eigenvalue weighted by Gasteiger charge is -2.42. The normalized spacial score (nSPS) is 54.8. The first-order chi connectivity index (χ1) is 9.07. The lowest BCUT2D eigenvalue weighted by Crippen LogP contribution is -2.49. The van der Waals surface area contributed by atoms with Crippen molar-refractivity contribution in [3.05, 3.63) is 0 Å². The number of fused-ring (bicyclic) bond motifs is 2. The maximum atomic E-state index is 11.0. The van der Waals surface area contributed by atoms with E-state index in [0.717, 1.165) is 32.1 Å². The van der Waals surface area contributed by atoms with Crippen molar-refractivity contribution < 1.29 is 24.1 Å². The highest BCUT2D eigenvalue weighted by Crippen LogP contribution is 2.55. The number of epoxide rings is 2. The van der Waals surface area contributed by atoms with Crippen LogP contribution in [0, 0.1) is 11.8 Å². The number of hydrogen-bond donors (Lipinski definition) is 1. The Morgan fingerprint density at radius 1 is 1.21 bits per heavy atom. The minimum absolute atomic E-state index is 0.201. The second-order valence-electron chi connectivity index (χ2n) is 6.67. The van der Waals surface area contributed by atoms with Crippen LogP contribution in [0.3, 0.4) is 0 Å². The highest BCUT2D eigenvalue weighted by atomic mass is 16.7. The smallest absolute Gasteiger partial charge is 0.450 e. The Morgan fingerprint density at radius 3 is 2.79 bits per heavy atom. The molecule has 7 unspecified atom stereocenters. The van der Waals surface area contributed by atoms with Gasteiger partial charge in [0.2, 0.25) is 0 Å². The zero-order chi connectivity index (χ0) is 13.2. The van der Waals surface area contributed by atoms with Gasteiger partial charge in [0.15, 0.2) is 0 Å². The van der Waals surface area contributed by atoms with Crippen LogP contribution in [0.5, 0.6) is 0 Å². The fourth-order valence-corrected chi connectivity index (χ4v) is 4.49. The maximum absolute atomic E-state index is 11.0. The molecule has 106 valence electrons. The third kappa shape index (κ3) is 1.94. The van der Waals surface area contributed by atoms with E-state index in [-0.39, 0.29) is 12.0 Å². The molecule has 19 heavy (non-hydrogen) atoms. The van der Waals surface area contributed by atoms with Gasteiger partial charge < -0.3 is 19.3 Å². The van der Waals surface area contributed by atoms with Gasteiger partial charge in [-0.3, -0.25) is 0 Å². The third-order valence-corrected chi connectivity index (χ3v) is 5.48. The van der Waals surface area contributed by atoms with Crippen LogP contribution in [0.4, 0.5) is 4.79 Å². The second-order valence-corrected chi connectivity index (χ2v) is 6.67. The largest absolute Gasteiger partial charge is 0.506 e. The molecule has 0 spiro atoms. The molecule has 0 radical (unpaired) electrons. The highest BCUT2D eigenvalue weighted by molar-refractivity contribution is 5.57. The number of carbonyl (C=O) groups is 1. The predicted octanol–water partition coefficient (Wildman–Crippen LogP) is 2.18. The van der Waals surface area contributed by atoms with Gasteiger partial charge in [0.05, 0.1) is 24.4 Å². The van der Waals surface area contributed by atoms with Crippen molar-refractivity contribution in [3.8, 4) is 0 Å². The van der Waals surface area contributed by atoms with Crippen LogP contribution in [0.15, 0.2) is 0 Å². The van der Waals surface area contributed by atoms with Crippen LogP contribution in [-0.2, 0) is 14.2 Å². The molecule has 0 aromatic heterocycles. The van der Waals surface area contributed by atoms with Gasteiger partial charge in [-0.2, -0.15) is 0 Å². The molecule has 2 heterocycles. The average Bonchev–Trinajstić information content (AvgIpc) is 3.20. The Kier molecular flexibility index (Phi) is 2.43. The summed E-state index contributed by atoms with van der Waals surface area (Å²) in [6.07, 6.45) is 5.21. The van der Waals surface area contributed by atoms with E-state index in [1.807, 2.05) is 6.92 Å². The van der Waals surface area contributed by atoms with Gasteiger partial charge in [-0.05, 0) is 44.9 Å². The summed E-state index contributed by atoms with van der Waals surface area (Å²) < 4.78 is 16.6. The predicted molar refractivity (Wildman–Crippen MR) is 64.9 cm³/mol. The van der Waals surface area contributed by atoms with Gasteiger partial charge in [0.25, 0.3) is 0 Å². The third-order valence-electron chi connectivity index (χ3n) is 5.48. The van der Waals surface area contributed by atoms with E-state index in [2.05, 4.69) is 0 Å². The molecule has 5 nitrogen and oxygen atoms in total. The SMILES string of the molecule is CC1(OC(=O)O)CCC2OC2C1C1CCC2OC2C1. The molecular formula is C14H20O5. The number of carboxylic acid groups (broad SMARTS) is 1. The summed E-state index contributed by atoms with van der Waals surface area (Å²) in [5, 5.41) is 9.02. The van der Waals surface area contributed by atoms with Crippen LogP contribution in [0.2, 0.25) is 0 Å². The molecule has 2 aliphatic heterocycles. The quantitative estimate of drug-likeness (QED) is 0.614. The molecule has 0 bridgehead atoms. The summed E-state index contributed by atoms with van der Waals surface area (Å²) in [5.41, 5.74) is -0.587. The van der Waals surface area contributed by atoms with E-state index in [4.69, 9.17) is 19.3 Å². The number of rotatable bonds is 2. The van der Waals surface area contributed by atoms with Crippen molar-refractivity contribution in [1.82, 2.24) is 0 Å². The van der Waals surface area contributed by atoms with E-state index in [1.54, 1.807) is 0 Å². The van der Waals surface area contributed by atoms with Crippen molar-refractivity contribution in [2.24, 2.45) is 11.8 Å². The molecule has 1 N–H and O–H groups in total. The van der Waals surface area contributed by atoms with Crippen LogP contribution >= 0.6 is 0 Å². The summed E-state index contributed by atoms with van der Waals surface area (Å²) in [6.45, 7) is 1.95. The second kappa shape index (κ2) is 3.85. The fraction of sp³-hybridized carbons (Fsp3) is 0.929. The van der Waals surface area contributed by atoms with E-state index in [0.29, 0.717) is 24.2 Å². The van der Waals surface area contributed by atoms with Crippen molar-refractivity contribution in [1.29, 1.82) is 0 Å². The molecule has 7 atom stereocenters. The monoisotopic (exact) mass is 268 g/mol. The van der Waals surface area contributed by atoms with Crippen LogP contribution in [0.1, 0.15) is 39.0 Å². The highest BCUT2D eigenvalue weighted by Gasteiger charge is 2.62. The summed E-state index contributed by atoms with van der Waals surface area (Å²) in [7, 11) is 0. The minimum atomic E-state index is -1.16. The van der Waals surface area contributed by atoms with Crippen LogP contribution < -0.4 is 0 Å². The molecule has 2 aliphatic carbocycles. The van der Waals surface area contributed by atoms with E-state index < -0.39 is 11.8 Å². The fourth-order valence-electron chi connectivity index (χ4n) is 4.49. The average molecular weight is 268 g/mol. The zero-order valence-electron chi connectivity index (χ0n) is 11.1. The Labute approximate surface area is 112 Å². The Hall–Kier alpha value is -0.810. The van der Waals surface area contributed by atoms with Gasteiger partial charge in [-0.15, -0.1) is 0 Å². The molecule has 4 fully saturated rings. The van der Waals surface area contributed by atoms with E-state index in [1.165, 1.54) is 0 Å². The topological polar surface area (TPSA) is 71.6 Å². The van der Waals surface area contributed by atoms with Crippen molar-refractivity contribution >= 4 is 6.16 Å². The molecule has 2 saturated heterocycles. The molecule has 0 amide bonds. The standard InChI is InChI=1S/C14H20O5/c1-14(19-13(15)16)5-4-9-12(18-9)11(14)7-2-3-8-10(6-7)17-8/h7-12H,2-6H2,1H3,(H,15,16). The first-order valence-corrected chi connectivity index (χ1v) is 7.30. The lowest BCUT2D eigenvalue weighted by atomic mass is 9.66. The molecule has 2 saturated carbocycles. The van der Waals surface area contributed by atoms with Gasteiger partial charge in [-0.25, -0.2) is 4.79 Å². The summed E-state index contributed by atoms with van der Waals surface area (Å²) in [5.74, 6) is 0.677. The minimum Gasteiger partial charge on any atom is -0.450 e. The lowest BCUT2D eigenvalue weighted by molar-refractivity contribution is -0.0828. The van der Waals surface area contributed by atoms with Gasteiger partial charge in [0.1, 0.15) is 5.60 Å². The van der Waals surface area contributed by atoms with Gasteiger partial charge >= 0.3 is 6.16 Å². The molecule has 0 aromatic carbocycles. The summed E-state index contributed by atoms with van der Waals surface area (Å²) >= 11 is 0. The number of hydrogen-bond acceptors (Lipinski definition) is 4. The Bertz CT molecular complexity index is 411. The Morgan fingerprint density at radius 2 is 2.05 bits per heavy atom. The van der Waals surface area contributed by atoms with Crippen molar-refractivity contribution in [2.45, 2.75) is 69.0 Å². The molecule has 4 rings (SSSR count). The van der Waals surface area contributed by atoms with Crippen molar-refractivity contribution in [2.75, 3.05) is 0 Å². The van der Waals surface area contributed by atoms with Gasteiger partial charge in [0, 0.05) is 5.92 Å². The van der Waals surface area contributed by atoms with E-state index >= 15 is 0 Å². The molecule has 4 aliphatic rings. The zero-order valence-corrected chi connectivity index (χ0v) is 11.1. The van der Waals surface area contributed by atoms with Crippen LogP contribution in [-0.4, -0.2) is 41.3 Å². The van der Waals surface area contributed by atoms with Gasteiger partial charge in [-0.1, -0.05) is 0 Å². The molecule has 0 aromatic rings. The first kappa shape index (κ1) is 12.0. The summed E-state index contributed by atoms with van der Waals surface area (Å²) in [4.78, 5) is 11.0. The first-order valence-electron chi connectivity index (χ1n) is 7.30. The summed E-state index contributed by atoms with van der Waals surface area (Å²) in [6, 6.07) is 0. The van der Waals surface area contributed by atoms with Crippen molar-refractivity contribution in [3.63, 3.8) is 0 Å².